The van der Waals surface area contributed by atoms with Gasteiger partial charge in [0.15, 0.2) is 0 Å². The fourth-order valence-electron chi connectivity index (χ4n) is 2.09. The van der Waals surface area contributed by atoms with E-state index in [-0.39, 0.29) is 0 Å². The lowest BCUT2D eigenvalue weighted by Gasteiger charge is -2.37. The Balaban J connectivity index is 2.67. The summed E-state index contributed by atoms with van der Waals surface area (Å²) in [6.45, 7) is 7.87. The zero-order valence-electron chi connectivity index (χ0n) is 7.56. The topological polar surface area (TPSA) is 20.2 Å². The maximum Gasteiger partial charge on any atom is 0.0684 e. The van der Waals surface area contributed by atoms with Crippen LogP contribution in [0.2, 0.25) is 0 Å². The molecule has 1 fully saturated rings. The highest BCUT2D eigenvalue weighted by Crippen LogP contribution is 2.36. The predicted octanol–water partition coefficient (Wildman–Crippen LogP) is 2.50. The normalized spacial score (nSPS) is 38.6. The fraction of sp³-hybridized carbons (Fsp3) is 0.800. The molecule has 0 aromatic carbocycles. The third-order valence-corrected chi connectivity index (χ3v) is 2.77. The van der Waals surface area contributed by atoms with Crippen molar-refractivity contribution in [3.8, 4) is 0 Å². The molecule has 0 amide bonds. The highest BCUT2D eigenvalue weighted by molar-refractivity contribution is 5.05. The molecule has 1 aliphatic rings. The maximum atomic E-state index is 9.94. The summed E-state index contributed by atoms with van der Waals surface area (Å²) in [5, 5.41) is 9.94. The molecule has 64 valence electrons. The molecule has 1 aliphatic carbocycles. The van der Waals surface area contributed by atoms with Crippen LogP contribution in [0.1, 0.15) is 39.5 Å². The lowest BCUT2D eigenvalue weighted by Crippen LogP contribution is -2.37. The average Bonchev–Trinajstić information content (AvgIpc) is 1.85. The zero-order chi connectivity index (χ0) is 8.48. The zero-order valence-corrected chi connectivity index (χ0v) is 7.56. The van der Waals surface area contributed by atoms with Gasteiger partial charge in [-0.1, -0.05) is 25.0 Å². The van der Waals surface area contributed by atoms with Crippen molar-refractivity contribution < 1.29 is 5.11 Å². The SMILES string of the molecule is C=C(C)[C@@H]1CCCC[C@]1(C)O. The largest absolute Gasteiger partial charge is 0.390 e. The van der Waals surface area contributed by atoms with E-state index in [1.165, 1.54) is 6.42 Å². The third kappa shape index (κ3) is 1.84. The van der Waals surface area contributed by atoms with Crippen molar-refractivity contribution in [2.75, 3.05) is 0 Å². The molecule has 1 nitrogen and oxygen atoms in total. The van der Waals surface area contributed by atoms with Crippen LogP contribution >= 0.6 is 0 Å². The van der Waals surface area contributed by atoms with E-state index >= 15 is 0 Å². The number of hydrogen-bond donors (Lipinski definition) is 1. The van der Waals surface area contributed by atoms with Crippen LogP contribution in [0.3, 0.4) is 0 Å². The van der Waals surface area contributed by atoms with Crippen LogP contribution in [-0.4, -0.2) is 10.7 Å². The minimum atomic E-state index is -0.482. The first-order valence-corrected chi connectivity index (χ1v) is 4.42. The van der Waals surface area contributed by atoms with E-state index in [4.69, 9.17) is 0 Å². The Hall–Kier alpha value is -0.300. The predicted molar refractivity (Wildman–Crippen MR) is 47.4 cm³/mol. The number of rotatable bonds is 1. The van der Waals surface area contributed by atoms with E-state index in [0.717, 1.165) is 24.8 Å². The van der Waals surface area contributed by atoms with Crippen molar-refractivity contribution in [1.29, 1.82) is 0 Å². The summed E-state index contributed by atoms with van der Waals surface area (Å²) in [5.41, 5.74) is 0.652. The summed E-state index contributed by atoms with van der Waals surface area (Å²) in [4.78, 5) is 0. The van der Waals surface area contributed by atoms with Crippen LogP contribution in [0, 0.1) is 5.92 Å². The van der Waals surface area contributed by atoms with Gasteiger partial charge in [0.05, 0.1) is 5.60 Å². The molecule has 1 saturated carbocycles. The van der Waals surface area contributed by atoms with Crippen LogP contribution in [-0.2, 0) is 0 Å². The Kier molecular flexibility index (Phi) is 2.38. The smallest absolute Gasteiger partial charge is 0.0684 e. The van der Waals surface area contributed by atoms with Crippen LogP contribution in [0.15, 0.2) is 12.2 Å². The molecule has 2 atom stereocenters. The van der Waals surface area contributed by atoms with Gasteiger partial charge in [0.2, 0.25) is 0 Å². The molecule has 1 rings (SSSR count). The van der Waals surface area contributed by atoms with E-state index in [2.05, 4.69) is 6.58 Å². The maximum absolute atomic E-state index is 9.94. The Morgan fingerprint density at radius 3 is 2.55 bits per heavy atom. The van der Waals surface area contributed by atoms with Gasteiger partial charge in [-0.15, -0.1) is 0 Å². The minimum absolute atomic E-state index is 0.330. The monoisotopic (exact) mass is 154 g/mol. The van der Waals surface area contributed by atoms with Crippen LogP contribution in [0.4, 0.5) is 0 Å². The quantitative estimate of drug-likeness (QED) is 0.575. The standard InChI is InChI=1S/C10H18O/c1-8(2)9-6-4-5-7-10(9,3)11/h9,11H,1,4-7H2,2-3H3/t9-,10-/m0/s1. The van der Waals surface area contributed by atoms with E-state index in [0.29, 0.717) is 5.92 Å². The summed E-state index contributed by atoms with van der Waals surface area (Å²) in [5.74, 6) is 0.330. The third-order valence-electron chi connectivity index (χ3n) is 2.77. The van der Waals surface area contributed by atoms with Crippen molar-refractivity contribution in [2.24, 2.45) is 5.92 Å². The first kappa shape index (κ1) is 8.79. The van der Waals surface area contributed by atoms with E-state index in [1.54, 1.807) is 0 Å². The van der Waals surface area contributed by atoms with Gasteiger partial charge in [-0.05, 0) is 26.7 Å². The van der Waals surface area contributed by atoms with E-state index < -0.39 is 5.60 Å². The van der Waals surface area contributed by atoms with Crippen molar-refractivity contribution in [3.63, 3.8) is 0 Å². The van der Waals surface area contributed by atoms with E-state index in [1.807, 2.05) is 13.8 Å². The Morgan fingerprint density at radius 2 is 2.18 bits per heavy atom. The van der Waals surface area contributed by atoms with Gasteiger partial charge in [0, 0.05) is 5.92 Å². The Morgan fingerprint density at radius 1 is 1.55 bits per heavy atom. The van der Waals surface area contributed by atoms with Crippen LogP contribution in [0.25, 0.3) is 0 Å². The number of hydrogen-bond acceptors (Lipinski definition) is 1. The van der Waals surface area contributed by atoms with Crippen LogP contribution in [0.5, 0.6) is 0 Å². The first-order chi connectivity index (χ1) is 5.04. The molecule has 0 spiro atoms. The summed E-state index contributed by atoms with van der Waals surface area (Å²) in [6, 6.07) is 0. The molecular formula is C10H18O. The number of aliphatic hydroxyl groups is 1. The molecule has 0 aromatic heterocycles. The molecule has 0 heterocycles. The van der Waals surface area contributed by atoms with Gasteiger partial charge >= 0.3 is 0 Å². The summed E-state index contributed by atoms with van der Waals surface area (Å²) >= 11 is 0. The molecule has 0 aliphatic heterocycles. The van der Waals surface area contributed by atoms with Gasteiger partial charge in [-0.3, -0.25) is 0 Å². The molecule has 11 heavy (non-hydrogen) atoms. The Bertz CT molecular complexity index is 158. The molecule has 1 N–H and O–H groups in total. The van der Waals surface area contributed by atoms with Gasteiger partial charge < -0.3 is 5.11 Å². The molecular weight excluding hydrogens is 136 g/mol. The van der Waals surface area contributed by atoms with Crippen molar-refractivity contribution in [3.05, 3.63) is 12.2 Å². The van der Waals surface area contributed by atoms with Gasteiger partial charge in [0.25, 0.3) is 0 Å². The summed E-state index contributed by atoms with van der Waals surface area (Å²) in [6.07, 6.45) is 4.46. The van der Waals surface area contributed by atoms with Gasteiger partial charge in [-0.25, -0.2) is 0 Å². The second-order valence-electron chi connectivity index (χ2n) is 4.00. The minimum Gasteiger partial charge on any atom is -0.390 e. The van der Waals surface area contributed by atoms with Crippen molar-refractivity contribution in [1.82, 2.24) is 0 Å². The lowest BCUT2D eigenvalue weighted by molar-refractivity contribution is -0.0164. The average molecular weight is 154 g/mol. The van der Waals surface area contributed by atoms with Crippen molar-refractivity contribution in [2.45, 2.75) is 45.1 Å². The highest BCUT2D eigenvalue weighted by Gasteiger charge is 2.34. The molecule has 0 bridgehead atoms. The second-order valence-corrected chi connectivity index (χ2v) is 4.00. The van der Waals surface area contributed by atoms with Gasteiger partial charge in [-0.2, -0.15) is 0 Å². The Labute approximate surface area is 69.1 Å². The first-order valence-electron chi connectivity index (χ1n) is 4.42. The molecule has 0 saturated heterocycles. The lowest BCUT2D eigenvalue weighted by atomic mass is 9.73. The van der Waals surface area contributed by atoms with E-state index in [9.17, 15) is 5.11 Å². The molecule has 1 heteroatoms. The summed E-state index contributed by atoms with van der Waals surface area (Å²) < 4.78 is 0. The second kappa shape index (κ2) is 2.98. The summed E-state index contributed by atoms with van der Waals surface area (Å²) in [7, 11) is 0. The molecule has 0 radical (unpaired) electrons. The fourth-order valence-corrected chi connectivity index (χ4v) is 2.09. The van der Waals surface area contributed by atoms with Crippen LogP contribution < -0.4 is 0 Å². The molecule has 0 aromatic rings. The van der Waals surface area contributed by atoms with Gasteiger partial charge in [0.1, 0.15) is 0 Å². The highest BCUT2D eigenvalue weighted by atomic mass is 16.3. The van der Waals surface area contributed by atoms with Crippen molar-refractivity contribution >= 4 is 0 Å². The molecule has 0 unspecified atom stereocenters.